The van der Waals surface area contributed by atoms with Gasteiger partial charge in [-0.15, -0.1) is 0 Å². The molecular weight excluding hydrogens is 238 g/mol. The van der Waals surface area contributed by atoms with Crippen molar-refractivity contribution in [2.24, 2.45) is 0 Å². The second-order valence-corrected chi connectivity index (χ2v) is 4.54. The molecule has 1 N–H and O–H groups in total. The van der Waals surface area contributed by atoms with E-state index >= 15 is 0 Å². The summed E-state index contributed by atoms with van der Waals surface area (Å²) in [5.41, 5.74) is 2.21. The van der Waals surface area contributed by atoms with E-state index in [1.807, 2.05) is 40.2 Å². The van der Waals surface area contributed by atoms with Gasteiger partial charge < -0.3 is 10.2 Å². The van der Waals surface area contributed by atoms with Gasteiger partial charge in [0.1, 0.15) is 17.5 Å². The molecule has 0 amide bonds. The Morgan fingerprint density at radius 3 is 2.68 bits per heavy atom. The van der Waals surface area contributed by atoms with Gasteiger partial charge in [-0.3, -0.25) is 4.98 Å². The largest absolute Gasteiger partial charge is 0.373 e. The zero-order chi connectivity index (χ0) is 13.8. The Hall–Kier alpha value is -2.17. The standard InChI is InChI=1S/C14H19N5/c1-10-13(15-3)17-11(2)18-14(10)19(4)9-12-6-5-7-16-8-12/h5-8H,9H2,1-4H3,(H,15,17,18). The molecule has 0 bridgehead atoms. The molecule has 0 aromatic carbocycles. The molecule has 2 aromatic heterocycles. The molecule has 19 heavy (non-hydrogen) atoms. The van der Waals surface area contributed by atoms with Crippen LogP contribution < -0.4 is 10.2 Å². The van der Waals surface area contributed by atoms with E-state index in [1.54, 1.807) is 6.20 Å². The summed E-state index contributed by atoms with van der Waals surface area (Å²) in [6.45, 7) is 4.70. The number of pyridine rings is 1. The van der Waals surface area contributed by atoms with Gasteiger partial charge >= 0.3 is 0 Å². The van der Waals surface area contributed by atoms with Crippen LogP contribution in [0.2, 0.25) is 0 Å². The topological polar surface area (TPSA) is 53.9 Å². The van der Waals surface area contributed by atoms with Crippen molar-refractivity contribution in [1.29, 1.82) is 0 Å². The highest BCUT2D eigenvalue weighted by molar-refractivity contribution is 5.58. The lowest BCUT2D eigenvalue weighted by atomic mass is 10.2. The van der Waals surface area contributed by atoms with Crippen LogP contribution in [0.5, 0.6) is 0 Å². The molecular formula is C14H19N5. The van der Waals surface area contributed by atoms with E-state index in [1.165, 1.54) is 0 Å². The molecule has 0 spiro atoms. The van der Waals surface area contributed by atoms with E-state index in [2.05, 4.69) is 31.2 Å². The van der Waals surface area contributed by atoms with Crippen molar-refractivity contribution in [3.63, 3.8) is 0 Å². The van der Waals surface area contributed by atoms with Crippen molar-refractivity contribution in [3.05, 3.63) is 41.5 Å². The van der Waals surface area contributed by atoms with Gasteiger partial charge in [-0.1, -0.05) is 6.07 Å². The van der Waals surface area contributed by atoms with Crippen LogP contribution >= 0.6 is 0 Å². The molecule has 0 aliphatic carbocycles. The third-order valence-corrected chi connectivity index (χ3v) is 2.97. The number of nitrogens with zero attached hydrogens (tertiary/aromatic N) is 4. The first-order valence-corrected chi connectivity index (χ1v) is 6.25. The van der Waals surface area contributed by atoms with Gasteiger partial charge in [0.05, 0.1) is 0 Å². The summed E-state index contributed by atoms with van der Waals surface area (Å²) in [6.07, 6.45) is 3.65. The summed E-state index contributed by atoms with van der Waals surface area (Å²) in [7, 11) is 3.90. The Morgan fingerprint density at radius 1 is 1.26 bits per heavy atom. The number of anilines is 2. The monoisotopic (exact) mass is 257 g/mol. The average molecular weight is 257 g/mol. The summed E-state index contributed by atoms with van der Waals surface area (Å²) < 4.78 is 0. The van der Waals surface area contributed by atoms with Crippen molar-refractivity contribution < 1.29 is 0 Å². The smallest absolute Gasteiger partial charge is 0.137 e. The summed E-state index contributed by atoms with van der Waals surface area (Å²) in [5.74, 6) is 2.59. The molecule has 0 aliphatic rings. The van der Waals surface area contributed by atoms with Crippen LogP contribution in [-0.4, -0.2) is 29.0 Å². The first-order chi connectivity index (χ1) is 9.11. The van der Waals surface area contributed by atoms with E-state index in [-0.39, 0.29) is 0 Å². The number of aryl methyl sites for hydroxylation is 1. The molecule has 2 heterocycles. The second kappa shape index (κ2) is 5.65. The van der Waals surface area contributed by atoms with Crippen molar-refractivity contribution in [2.75, 3.05) is 24.3 Å². The molecule has 2 rings (SSSR count). The molecule has 100 valence electrons. The number of aromatic nitrogens is 3. The number of hydrogen-bond donors (Lipinski definition) is 1. The maximum atomic E-state index is 4.53. The third kappa shape index (κ3) is 2.99. The zero-order valence-electron chi connectivity index (χ0n) is 11.8. The maximum absolute atomic E-state index is 4.53. The second-order valence-electron chi connectivity index (χ2n) is 4.54. The highest BCUT2D eigenvalue weighted by Gasteiger charge is 2.12. The van der Waals surface area contributed by atoms with Gasteiger partial charge in [-0.25, -0.2) is 9.97 Å². The number of hydrogen-bond acceptors (Lipinski definition) is 5. The zero-order valence-corrected chi connectivity index (χ0v) is 11.8. The Kier molecular flexibility index (Phi) is 3.94. The lowest BCUT2D eigenvalue weighted by Gasteiger charge is -2.21. The van der Waals surface area contributed by atoms with Crippen LogP contribution in [0, 0.1) is 13.8 Å². The number of nitrogens with one attached hydrogen (secondary N) is 1. The molecule has 0 saturated heterocycles. The predicted molar refractivity (Wildman–Crippen MR) is 77.4 cm³/mol. The summed E-state index contributed by atoms with van der Waals surface area (Å²) >= 11 is 0. The average Bonchev–Trinajstić information content (AvgIpc) is 2.42. The van der Waals surface area contributed by atoms with E-state index in [9.17, 15) is 0 Å². The minimum Gasteiger partial charge on any atom is -0.373 e. The number of rotatable bonds is 4. The predicted octanol–water partition coefficient (Wildman–Crippen LogP) is 2.17. The fraction of sp³-hybridized carbons (Fsp3) is 0.357. The summed E-state index contributed by atoms with van der Waals surface area (Å²) in [5, 5.41) is 3.11. The van der Waals surface area contributed by atoms with Gasteiger partial charge in [0.15, 0.2) is 0 Å². The Balaban J connectivity index is 2.28. The lowest BCUT2D eigenvalue weighted by molar-refractivity contribution is 0.866. The highest BCUT2D eigenvalue weighted by Crippen LogP contribution is 2.23. The molecule has 0 fully saturated rings. The van der Waals surface area contributed by atoms with Crippen LogP contribution in [0.3, 0.4) is 0 Å². The Bertz CT molecular complexity index is 553. The van der Waals surface area contributed by atoms with Crippen molar-refractivity contribution in [2.45, 2.75) is 20.4 Å². The first-order valence-electron chi connectivity index (χ1n) is 6.25. The first kappa shape index (κ1) is 13.3. The Morgan fingerprint density at radius 2 is 2.05 bits per heavy atom. The van der Waals surface area contributed by atoms with Crippen LogP contribution in [0.25, 0.3) is 0 Å². The minimum absolute atomic E-state index is 0.767. The van der Waals surface area contributed by atoms with Crippen molar-refractivity contribution >= 4 is 11.6 Å². The van der Waals surface area contributed by atoms with Crippen molar-refractivity contribution in [3.8, 4) is 0 Å². The third-order valence-electron chi connectivity index (χ3n) is 2.97. The molecule has 0 saturated carbocycles. The highest BCUT2D eigenvalue weighted by atomic mass is 15.2. The fourth-order valence-corrected chi connectivity index (χ4v) is 2.07. The molecule has 0 aliphatic heterocycles. The minimum atomic E-state index is 0.767. The van der Waals surface area contributed by atoms with E-state index in [0.717, 1.165) is 35.1 Å². The SMILES string of the molecule is CNc1nc(C)nc(N(C)Cc2cccnc2)c1C. The van der Waals surface area contributed by atoms with E-state index in [4.69, 9.17) is 0 Å². The Labute approximate surface area is 113 Å². The maximum Gasteiger partial charge on any atom is 0.137 e. The normalized spacial score (nSPS) is 10.3. The van der Waals surface area contributed by atoms with Crippen molar-refractivity contribution in [1.82, 2.24) is 15.0 Å². The summed E-state index contributed by atoms with van der Waals surface area (Å²) in [6, 6.07) is 4.01. The quantitative estimate of drug-likeness (QED) is 0.909. The summed E-state index contributed by atoms with van der Waals surface area (Å²) in [4.78, 5) is 15.2. The molecule has 0 radical (unpaired) electrons. The molecule has 5 nitrogen and oxygen atoms in total. The van der Waals surface area contributed by atoms with Gasteiger partial charge in [-0.05, 0) is 25.5 Å². The van der Waals surface area contributed by atoms with E-state index < -0.39 is 0 Å². The van der Waals surface area contributed by atoms with Crippen LogP contribution in [-0.2, 0) is 6.54 Å². The van der Waals surface area contributed by atoms with Gasteiger partial charge in [0.25, 0.3) is 0 Å². The van der Waals surface area contributed by atoms with Gasteiger partial charge in [0, 0.05) is 38.6 Å². The van der Waals surface area contributed by atoms with Crippen LogP contribution in [0.4, 0.5) is 11.6 Å². The van der Waals surface area contributed by atoms with Crippen LogP contribution in [0.15, 0.2) is 24.5 Å². The molecule has 0 atom stereocenters. The molecule has 5 heteroatoms. The lowest BCUT2D eigenvalue weighted by Crippen LogP contribution is -2.20. The van der Waals surface area contributed by atoms with Crippen LogP contribution in [0.1, 0.15) is 17.0 Å². The van der Waals surface area contributed by atoms with E-state index in [0.29, 0.717) is 0 Å². The van der Waals surface area contributed by atoms with Gasteiger partial charge in [-0.2, -0.15) is 0 Å². The fourth-order valence-electron chi connectivity index (χ4n) is 2.07. The molecule has 2 aromatic rings. The van der Waals surface area contributed by atoms with Gasteiger partial charge in [0.2, 0.25) is 0 Å². The molecule has 0 unspecified atom stereocenters.